The lowest BCUT2D eigenvalue weighted by molar-refractivity contribution is 0.181. The van der Waals surface area contributed by atoms with Crippen LogP contribution in [0.5, 0.6) is 0 Å². The fourth-order valence-corrected chi connectivity index (χ4v) is 2.45. The van der Waals surface area contributed by atoms with Gasteiger partial charge in [0.15, 0.2) is 0 Å². The summed E-state index contributed by atoms with van der Waals surface area (Å²) in [6.07, 6.45) is 3.69. The van der Waals surface area contributed by atoms with Crippen LogP contribution in [0.15, 0.2) is 24.4 Å². The molecule has 1 atom stereocenters. The van der Waals surface area contributed by atoms with Crippen LogP contribution in [-0.2, 0) is 6.54 Å². The van der Waals surface area contributed by atoms with E-state index in [9.17, 15) is 4.79 Å². The standard InChI is InChI=1S/C15H24N4O2/c1-12(11-20)17-15(21)18-13-5-8-19(9-6-13)10-14-4-2-3-7-16-14/h2-4,7,12-13,20H,5-6,8-11H2,1H3,(H2,17,18,21). The van der Waals surface area contributed by atoms with E-state index < -0.39 is 0 Å². The number of aliphatic hydroxyl groups is 1. The molecule has 2 amide bonds. The second-order valence-corrected chi connectivity index (χ2v) is 5.57. The number of nitrogens with zero attached hydrogens (tertiary/aromatic N) is 2. The Balaban J connectivity index is 1.69. The number of hydrogen-bond donors (Lipinski definition) is 3. The van der Waals surface area contributed by atoms with Gasteiger partial charge in [0.1, 0.15) is 0 Å². The third-order valence-corrected chi connectivity index (χ3v) is 3.69. The zero-order chi connectivity index (χ0) is 15.1. The summed E-state index contributed by atoms with van der Waals surface area (Å²) in [5, 5.41) is 14.6. The van der Waals surface area contributed by atoms with Crippen molar-refractivity contribution in [2.24, 2.45) is 0 Å². The van der Waals surface area contributed by atoms with Crippen molar-refractivity contribution in [2.75, 3.05) is 19.7 Å². The normalized spacial score (nSPS) is 18.2. The predicted octanol–water partition coefficient (Wildman–Crippen LogP) is 0.726. The van der Waals surface area contributed by atoms with Gasteiger partial charge in [-0.05, 0) is 31.9 Å². The third kappa shape index (κ3) is 5.32. The number of nitrogens with one attached hydrogen (secondary N) is 2. The summed E-state index contributed by atoms with van der Waals surface area (Å²) in [6.45, 7) is 4.50. The highest BCUT2D eigenvalue weighted by Gasteiger charge is 2.21. The third-order valence-electron chi connectivity index (χ3n) is 3.69. The molecular weight excluding hydrogens is 268 g/mol. The van der Waals surface area contributed by atoms with Crippen LogP contribution in [0.2, 0.25) is 0 Å². The van der Waals surface area contributed by atoms with Crippen LogP contribution in [0, 0.1) is 0 Å². The summed E-state index contributed by atoms with van der Waals surface area (Å²) < 4.78 is 0. The molecule has 1 unspecified atom stereocenters. The highest BCUT2D eigenvalue weighted by atomic mass is 16.3. The fourth-order valence-electron chi connectivity index (χ4n) is 2.45. The van der Waals surface area contributed by atoms with Gasteiger partial charge in [0.25, 0.3) is 0 Å². The van der Waals surface area contributed by atoms with E-state index in [1.54, 1.807) is 6.92 Å². The highest BCUT2D eigenvalue weighted by molar-refractivity contribution is 5.74. The first-order valence-corrected chi connectivity index (χ1v) is 7.47. The molecule has 2 heterocycles. The largest absolute Gasteiger partial charge is 0.394 e. The van der Waals surface area contributed by atoms with Gasteiger partial charge in [-0.25, -0.2) is 4.79 Å². The Hall–Kier alpha value is -1.66. The van der Waals surface area contributed by atoms with Crippen LogP contribution >= 0.6 is 0 Å². The van der Waals surface area contributed by atoms with Gasteiger partial charge in [0.05, 0.1) is 18.3 Å². The van der Waals surface area contributed by atoms with E-state index in [1.165, 1.54) is 0 Å². The SMILES string of the molecule is CC(CO)NC(=O)NC1CCN(Cc2ccccn2)CC1. The second-order valence-electron chi connectivity index (χ2n) is 5.57. The van der Waals surface area contributed by atoms with Gasteiger partial charge in [-0.3, -0.25) is 9.88 Å². The lowest BCUT2D eigenvalue weighted by atomic mass is 10.1. The minimum absolute atomic E-state index is 0.0457. The maximum absolute atomic E-state index is 11.7. The average molecular weight is 292 g/mol. The van der Waals surface area contributed by atoms with Crippen LogP contribution in [0.3, 0.4) is 0 Å². The van der Waals surface area contributed by atoms with E-state index in [-0.39, 0.29) is 24.7 Å². The first kappa shape index (κ1) is 15.7. The van der Waals surface area contributed by atoms with Crippen LogP contribution in [0.1, 0.15) is 25.5 Å². The van der Waals surface area contributed by atoms with Gasteiger partial charge in [0.2, 0.25) is 0 Å². The number of aromatic nitrogens is 1. The maximum Gasteiger partial charge on any atom is 0.315 e. The van der Waals surface area contributed by atoms with Crippen molar-refractivity contribution < 1.29 is 9.90 Å². The van der Waals surface area contributed by atoms with Gasteiger partial charge >= 0.3 is 6.03 Å². The molecule has 2 rings (SSSR count). The number of rotatable bonds is 5. The molecular formula is C15H24N4O2. The molecule has 1 aliphatic heterocycles. The zero-order valence-electron chi connectivity index (χ0n) is 12.5. The van der Waals surface area contributed by atoms with Crippen molar-refractivity contribution in [1.29, 1.82) is 0 Å². The first-order valence-electron chi connectivity index (χ1n) is 7.47. The van der Waals surface area contributed by atoms with Crippen LogP contribution in [0.4, 0.5) is 4.79 Å². The van der Waals surface area contributed by atoms with Crippen LogP contribution < -0.4 is 10.6 Å². The molecule has 116 valence electrons. The molecule has 0 spiro atoms. The lowest BCUT2D eigenvalue weighted by Gasteiger charge is -2.32. The molecule has 0 aliphatic carbocycles. The Kier molecular flexibility index (Phi) is 5.95. The van der Waals surface area contributed by atoms with Crippen molar-refractivity contribution in [3.8, 4) is 0 Å². The number of carbonyl (C=O) groups is 1. The highest BCUT2D eigenvalue weighted by Crippen LogP contribution is 2.12. The van der Waals surface area contributed by atoms with Gasteiger partial charge in [0, 0.05) is 31.9 Å². The second kappa shape index (κ2) is 7.95. The summed E-state index contributed by atoms with van der Waals surface area (Å²) in [6, 6.07) is 5.76. The summed E-state index contributed by atoms with van der Waals surface area (Å²) >= 11 is 0. The van der Waals surface area contributed by atoms with E-state index in [4.69, 9.17) is 5.11 Å². The van der Waals surface area contributed by atoms with Crippen LogP contribution in [0.25, 0.3) is 0 Å². The topological polar surface area (TPSA) is 77.5 Å². The minimum Gasteiger partial charge on any atom is -0.394 e. The lowest BCUT2D eigenvalue weighted by Crippen LogP contribution is -2.50. The first-order chi connectivity index (χ1) is 10.2. The minimum atomic E-state index is -0.214. The quantitative estimate of drug-likeness (QED) is 0.747. The van der Waals surface area contributed by atoms with Gasteiger partial charge < -0.3 is 15.7 Å². The number of aliphatic hydroxyl groups excluding tert-OH is 1. The molecule has 6 nitrogen and oxygen atoms in total. The van der Waals surface area contributed by atoms with Crippen molar-refractivity contribution in [2.45, 2.75) is 38.4 Å². The molecule has 1 saturated heterocycles. The number of urea groups is 1. The van der Waals surface area contributed by atoms with Gasteiger partial charge in [-0.2, -0.15) is 0 Å². The van der Waals surface area contributed by atoms with Crippen molar-refractivity contribution in [3.05, 3.63) is 30.1 Å². The van der Waals surface area contributed by atoms with Crippen molar-refractivity contribution in [1.82, 2.24) is 20.5 Å². The monoisotopic (exact) mass is 292 g/mol. The number of hydrogen-bond acceptors (Lipinski definition) is 4. The molecule has 1 fully saturated rings. The average Bonchev–Trinajstić information content (AvgIpc) is 2.50. The van der Waals surface area contributed by atoms with E-state index in [0.717, 1.165) is 38.2 Å². The van der Waals surface area contributed by atoms with E-state index >= 15 is 0 Å². The zero-order valence-corrected chi connectivity index (χ0v) is 12.5. The molecule has 1 aromatic heterocycles. The Morgan fingerprint density at radius 3 is 2.86 bits per heavy atom. The molecule has 0 saturated carbocycles. The van der Waals surface area contributed by atoms with E-state index in [0.29, 0.717) is 0 Å². The van der Waals surface area contributed by atoms with E-state index in [1.807, 2.05) is 24.4 Å². The molecule has 0 aromatic carbocycles. The van der Waals surface area contributed by atoms with E-state index in [2.05, 4.69) is 20.5 Å². The number of amides is 2. The maximum atomic E-state index is 11.7. The smallest absolute Gasteiger partial charge is 0.315 e. The molecule has 0 bridgehead atoms. The Morgan fingerprint density at radius 2 is 2.24 bits per heavy atom. The molecule has 3 N–H and O–H groups in total. The van der Waals surface area contributed by atoms with Crippen molar-refractivity contribution >= 4 is 6.03 Å². The Labute approximate surface area is 125 Å². The molecule has 1 aliphatic rings. The molecule has 6 heteroatoms. The van der Waals surface area contributed by atoms with Crippen molar-refractivity contribution in [3.63, 3.8) is 0 Å². The predicted molar refractivity (Wildman–Crippen MR) is 80.8 cm³/mol. The number of pyridine rings is 1. The molecule has 1 aromatic rings. The number of carbonyl (C=O) groups excluding carboxylic acids is 1. The van der Waals surface area contributed by atoms with Gasteiger partial charge in [-0.1, -0.05) is 6.07 Å². The summed E-state index contributed by atoms with van der Waals surface area (Å²) in [5.74, 6) is 0. The summed E-state index contributed by atoms with van der Waals surface area (Å²) in [4.78, 5) is 18.4. The summed E-state index contributed by atoms with van der Waals surface area (Å²) in [7, 11) is 0. The number of piperidine rings is 1. The summed E-state index contributed by atoms with van der Waals surface area (Å²) in [5.41, 5.74) is 1.08. The molecule has 21 heavy (non-hydrogen) atoms. The van der Waals surface area contributed by atoms with Crippen LogP contribution in [-0.4, -0.2) is 52.8 Å². The number of likely N-dealkylation sites (tertiary alicyclic amines) is 1. The van der Waals surface area contributed by atoms with Gasteiger partial charge in [-0.15, -0.1) is 0 Å². The Bertz CT molecular complexity index is 433. The fraction of sp³-hybridized carbons (Fsp3) is 0.600. The molecule has 0 radical (unpaired) electrons. The Morgan fingerprint density at radius 1 is 1.48 bits per heavy atom.